The molecule has 1 unspecified atom stereocenters. The number of aromatic carboxylic acids is 1. The summed E-state index contributed by atoms with van der Waals surface area (Å²) in [4.78, 5) is 12.7. The Hall–Kier alpha value is -2.50. The number of carboxylic acids is 1. The minimum Gasteiger partial charge on any atom is -0.487 e. The molecule has 0 fully saturated rings. The Labute approximate surface area is 120 Å². The number of halogens is 1. The Morgan fingerprint density at radius 2 is 2.24 bits per heavy atom. The van der Waals surface area contributed by atoms with E-state index in [0.29, 0.717) is 30.3 Å². The summed E-state index contributed by atoms with van der Waals surface area (Å²) in [6.07, 6.45) is -0.0446. The van der Waals surface area contributed by atoms with Gasteiger partial charge in [-0.15, -0.1) is 0 Å². The molecule has 0 spiro atoms. The summed E-state index contributed by atoms with van der Waals surface area (Å²) < 4.78 is 24.3. The minimum absolute atomic E-state index is 0.0446. The third-order valence-corrected chi connectivity index (χ3v) is 3.29. The second-order valence-electron chi connectivity index (χ2n) is 4.99. The van der Waals surface area contributed by atoms with Crippen molar-refractivity contribution in [2.75, 3.05) is 11.4 Å². The monoisotopic (exact) mass is 291 g/mol. The molecule has 2 aromatic rings. The van der Waals surface area contributed by atoms with Crippen LogP contribution in [-0.4, -0.2) is 23.7 Å². The molecule has 0 bridgehead atoms. The summed E-state index contributed by atoms with van der Waals surface area (Å²) in [5.74, 6) is -0.437. The lowest BCUT2D eigenvalue weighted by atomic mass is 10.2. The van der Waals surface area contributed by atoms with E-state index in [9.17, 15) is 9.18 Å². The molecule has 0 saturated carbocycles. The van der Waals surface area contributed by atoms with Crippen LogP contribution in [0, 0.1) is 5.82 Å². The number of benzene rings is 1. The number of nitrogens with zero attached hydrogens (tertiary/aromatic N) is 1. The fraction of sp³-hybridized carbons (Fsp3) is 0.267. The maximum Gasteiger partial charge on any atom is 0.371 e. The van der Waals surface area contributed by atoms with E-state index in [1.54, 1.807) is 12.1 Å². The molecule has 5 nitrogen and oxygen atoms in total. The number of rotatable bonds is 3. The van der Waals surface area contributed by atoms with E-state index in [2.05, 4.69) is 0 Å². The summed E-state index contributed by atoms with van der Waals surface area (Å²) in [6.45, 7) is 2.85. The van der Waals surface area contributed by atoms with E-state index >= 15 is 0 Å². The first-order valence-corrected chi connectivity index (χ1v) is 6.56. The predicted octanol–water partition coefficient (Wildman–Crippen LogP) is 2.90. The van der Waals surface area contributed by atoms with Crippen LogP contribution in [0.1, 0.15) is 23.2 Å². The molecule has 2 heterocycles. The van der Waals surface area contributed by atoms with Gasteiger partial charge in [0.25, 0.3) is 0 Å². The highest BCUT2D eigenvalue weighted by molar-refractivity contribution is 5.84. The zero-order valence-electron chi connectivity index (χ0n) is 11.4. The van der Waals surface area contributed by atoms with Gasteiger partial charge in [-0.3, -0.25) is 0 Å². The summed E-state index contributed by atoms with van der Waals surface area (Å²) in [5, 5.41) is 8.86. The van der Waals surface area contributed by atoms with Crippen LogP contribution in [0.4, 0.5) is 10.1 Å². The predicted molar refractivity (Wildman–Crippen MR) is 73.2 cm³/mol. The third-order valence-electron chi connectivity index (χ3n) is 3.29. The Morgan fingerprint density at radius 1 is 1.43 bits per heavy atom. The lowest BCUT2D eigenvalue weighted by Crippen LogP contribution is -2.37. The lowest BCUT2D eigenvalue weighted by molar-refractivity contribution is 0.0660. The van der Waals surface area contributed by atoms with Gasteiger partial charge in [-0.1, -0.05) is 0 Å². The normalized spacial score (nSPS) is 17.2. The number of anilines is 1. The van der Waals surface area contributed by atoms with E-state index in [0.717, 1.165) is 0 Å². The van der Waals surface area contributed by atoms with Crippen molar-refractivity contribution in [1.29, 1.82) is 0 Å². The SMILES string of the molecule is CC1CN(Cc2ccc(C(=O)O)o2)c2cc(F)ccc2O1. The largest absolute Gasteiger partial charge is 0.487 e. The molecule has 6 heteroatoms. The van der Waals surface area contributed by atoms with Crippen molar-refractivity contribution in [2.45, 2.75) is 19.6 Å². The van der Waals surface area contributed by atoms with Crippen molar-refractivity contribution in [3.8, 4) is 5.75 Å². The van der Waals surface area contributed by atoms with Gasteiger partial charge < -0.3 is 19.2 Å². The molecule has 1 aromatic carbocycles. The molecular weight excluding hydrogens is 277 g/mol. The molecule has 0 amide bonds. The van der Waals surface area contributed by atoms with Gasteiger partial charge >= 0.3 is 5.97 Å². The van der Waals surface area contributed by atoms with Crippen LogP contribution in [0.5, 0.6) is 5.75 Å². The first-order valence-electron chi connectivity index (χ1n) is 6.56. The number of fused-ring (bicyclic) bond motifs is 1. The van der Waals surface area contributed by atoms with Gasteiger partial charge in [0, 0.05) is 6.07 Å². The van der Waals surface area contributed by atoms with Gasteiger partial charge in [0.1, 0.15) is 23.4 Å². The maximum atomic E-state index is 13.4. The van der Waals surface area contributed by atoms with Crippen LogP contribution in [0.15, 0.2) is 34.7 Å². The number of carbonyl (C=O) groups is 1. The first-order chi connectivity index (χ1) is 10.0. The van der Waals surface area contributed by atoms with Crippen LogP contribution >= 0.6 is 0 Å². The summed E-state index contributed by atoms with van der Waals surface area (Å²) in [5.41, 5.74) is 0.640. The van der Waals surface area contributed by atoms with Crippen molar-refractivity contribution in [3.05, 3.63) is 47.7 Å². The molecule has 1 aliphatic rings. The van der Waals surface area contributed by atoms with E-state index in [-0.39, 0.29) is 17.7 Å². The maximum absolute atomic E-state index is 13.4. The molecule has 1 N–H and O–H groups in total. The fourth-order valence-corrected chi connectivity index (χ4v) is 2.42. The van der Waals surface area contributed by atoms with E-state index in [4.69, 9.17) is 14.3 Å². The second-order valence-corrected chi connectivity index (χ2v) is 4.99. The Morgan fingerprint density at radius 3 is 2.95 bits per heavy atom. The second kappa shape index (κ2) is 5.12. The number of hydrogen-bond donors (Lipinski definition) is 1. The average Bonchev–Trinajstić information content (AvgIpc) is 2.88. The van der Waals surface area contributed by atoms with Crippen LogP contribution in [0.2, 0.25) is 0 Å². The van der Waals surface area contributed by atoms with Crippen LogP contribution in [0.3, 0.4) is 0 Å². The Kier molecular flexibility index (Phi) is 3.29. The van der Waals surface area contributed by atoms with Crippen molar-refractivity contribution < 1.29 is 23.4 Å². The van der Waals surface area contributed by atoms with Gasteiger partial charge in [-0.05, 0) is 31.2 Å². The molecule has 0 saturated heterocycles. The lowest BCUT2D eigenvalue weighted by Gasteiger charge is -2.34. The Bertz CT molecular complexity index is 682. The molecule has 1 aromatic heterocycles. The van der Waals surface area contributed by atoms with Gasteiger partial charge in [0.15, 0.2) is 0 Å². The summed E-state index contributed by atoms with van der Waals surface area (Å²) in [7, 11) is 0. The zero-order chi connectivity index (χ0) is 15.0. The van der Waals surface area contributed by atoms with Crippen LogP contribution in [0.25, 0.3) is 0 Å². The Balaban J connectivity index is 1.88. The molecule has 0 radical (unpaired) electrons. The van der Waals surface area contributed by atoms with E-state index < -0.39 is 5.97 Å². The summed E-state index contributed by atoms with van der Waals surface area (Å²) in [6, 6.07) is 7.38. The zero-order valence-corrected chi connectivity index (χ0v) is 11.4. The van der Waals surface area contributed by atoms with E-state index in [1.165, 1.54) is 18.2 Å². The van der Waals surface area contributed by atoms with E-state index in [1.807, 2.05) is 11.8 Å². The molecule has 21 heavy (non-hydrogen) atoms. The van der Waals surface area contributed by atoms with Crippen molar-refractivity contribution in [2.24, 2.45) is 0 Å². The van der Waals surface area contributed by atoms with Crippen molar-refractivity contribution in [1.82, 2.24) is 0 Å². The standard InChI is InChI=1S/C15H14FNO4/c1-9-7-17(8-11-3-5-14(21-11)15(18)19)12-6-10(16)2-4-13(12)20-9/h2-6,9H,7-8H2,1H3,(H,18,19). The quantitative estimate of drug-likeness (QED) is 0.942. The fourth-order valence-electron chi connectivity index (χ4n) is 2.42. The molecule has 110 valence electrons. The van der Waals surface area contributed by atoms with Crippen LogP contribution in [-0.2, 0) is 6.54 Å². The first kappa shape index (κ1) is 13.5. The van der Waals surface area contributed by atoms with Gasteiger partial charge in [-0.2, -0.15) is 0 Å². The molecular formula is C15H14FNO4. The number of carboxylic acid groups (broad SMARTS) is 1. The van der Waals surface area contributed by atoms with Crippen molar-refractivity contribution in [3.63, 3.8) is 0 Å². The number of ether oxygens (including phenoxy) is 1. The van der Waals surface area contributed by atoms with Crippen LogP contribution < -0.4 is 9.64 Å². The smallest absolute Gasteiger partial charge is 0.371 e. The van der Waals surface area contributed by atoms with Crippen molar-refractivity contribution >= 4 is 11.7 Å². The van der Waals surface area contributed by atoms with Gasteiger partial charge in [0.05, 0.1) is 18.8 Å². The van der Waals surface area contributed by atoms with Gasteiger partial charge in [-0.25, -0.2) is 9.18 Å². The topological polar surface area (TPSA) is 62.9 Å². The third kappa shape index (κ3) is 2.69. The van der Waals surface area contributed by atoms with Gasteiger partial charge in [0.2, 0.25) is 5.76 Å². The average molecular weight is 291 g/mol. The highest BCUT2D eigenvalue weighted by Crippen LogP contribution is 2.35. The highest BCUT2D eigenvalue weighted by Gasteiger charge is 2.24. The minimum atomic E-state index is -1.11. The summed E-state index contributed by atoms with van der Waals surface area (Å²) >= 11 is 0. The molecule has 0 aliphatic carbocycles. The number of furan rings is 1. The molecule has 3 rings (SSSR count). The molecule has 1 atom stereocenters. The highest BCUT2D eigenvalue weighted by atomic mass is 19.1. The number of hydrogen-bond acceptors (Lipinski definition) is 4. The molecule has 1 aliphatic heterocycles.